The van der Waals surface area contributed by atoms with Gasteiger partial charge < -0.3 is 4.74 Å². The number of carbonyl (C=O) groups excluding carboxylic acids is 2. The van der Waals surface area contributed by atoms with E-state index in [1.165, 1.54) is 7.11 Å². The van der Waals surface area contributed by atoms with Gasteiger partial charge in [0.2, 0.25) is 0 Å². The zero-order valence-corrected chi connectivity index (χ0v) is 15.3. The van der Waals surface area contributed by atoms with Crippen LogP contribution in [0.15, 0.2) is 52.1 Å². The smallest absolute Gasteiger partial charge is 0.305 e. The minimum Gasteiger partial charge on any atom is -0.469 e. The average molecular weight is 401 g/mol. The minimum absolute atomic E-state index is 0.00148. The number of halogens is 1. The number of esters is 1. The van der Waals surface area contributed by atoms with Gasteiger partial charge in [-0.3, -0.25) is 19.6 Å². The quantitative estimate of drug-likeness (QED) is 0.739. The Bertz CT molecular complexity index is 834. The Balaban J connectivity index is 2.05. The van der Waals surface area contributed by atoms with Crippen molar-refractivity contribution in [1.29, 1.82) is 0 Å². The Kier molecular flexibility index (Phi) is 5.38. The van der Waals surface area contributed by atoms with Gasteiger partial charge in [-0.2, -0.15) is 0 Å². The first kappa shape index (κ1) is 17.5. The average Bonchev–Trinajstić information content (AvgIpc) is 2.76. The molecule has 1 aliphatic heterocycles. The standard InChI is InChI=1S/C19H17BrN2O3/c1-25-18(24)8-7-15-17(23)10-12-5-6-13(20)11-14(12)19(22-15)16-4-2-3-9-21-16/h2-6,9,11,15H,7-8,10H2,1H3. The lowest BCUT2D eigenvalue weighted by Crippen LogP contribution is -2.21. The Morgan fingerprint density at radius 2 is 2.16 bits per heavy atom. The molecule has 1 unspecified atom stereocenters. The summed E-state index contributed by atoms with van der Waals surface area (Å²) in [7, 11) is 1.34. The molecule has 1 aromatic carbocycles. The first-order chi connectivity index (χ1) is 12.1. The summed E-state index contributed by atoms with van der Waals surface area (Å²) in [5.74, 6) is -0.342. The van der Waals surface area contributed by atoms with Crippen LogP contribution in [-0.2, 0) is 20.7 Å². The van der Waals surface area contributed by atoms with Crippen LogP contribution in [0.4, 0.5) is 0 Å². The maximum Gasteiger partial charge on any atom is 0.305 e. The molecule has 0 amide bonds. The highest BCUT2D eigenvalue weighted by Gasteiger charge is 2.27. The van der Waals surface area contributed by atoms with Crippen molar-refractivity contribution < 1.29 is 14.3 Å². The number of pyridine rings is 1. The van der Waals surface area contributed by atoms with Gasteiger partial charge >= 0.3 is 5.97 Å². The van der Waals surface area contributed by atoms with Crippen molar-refractivity contribution in [2.45, 2.75) is 25.3 Å². The van der Waals surface area contributed by atoms with Gasteiger partial charge in [0.25, 0.3) is 0 Å². The Hall–Kier alpha value is -2.34. The second kappa shape index (κ2) is 7.70. The van der Waals surface area contributed by atoms with Crippen LogP contribution in [0.3, 0.4) is 0 Å². The van der Waals surface area contributed by atoms with Crippen LogP contribution in [-0.4, -0.2) is 35.6 Å². The number of aliphatic imine (C=N–C) groups is 1. The molecule has 2 aromatic rings. The lowest BCUT2D eigenvalue weighted by atomic mass is 9.97. The normalized spacial score (nSPS) is 16.6. The van der Waals surface area contributed by atoms with Crippen LogP contribution in [0.1, 0.15) is 29.7 Å². The number of ketones is 1. The number of Topliss-reactive ketones (excluding diaryl/α,β-unsaturated/α-hetero) is 1. The lowest BCUT2D eigenvalue weighted by Gasteiger charge is -2.10. The van der Waals surface area contributed by atoms with Crippen LogP contribution < -0.4 is 0 Å². The summed E-state index contributed by atoms with van der Waals surface area (Å²) >= 11 is 3.48. The van der Waals surface area contributed by atoms with E-state index in [9.17, 15) is 9.59 Å². The third-order valence-corrected chi connectivity index (χ3v) is 4.60. The number of aromatic nitrogens is 1. The fourth-order valence-corrected chi connectivity index (χ4v) is 3.18. The van der Waals surface area contributed by atoms with E-state index in [0.717, 1.165) is 15.6 Å². The Morgan fingerprint density at radius 1 is 1.32 bits per heavy atom. The molecule has 1 atom stereocenters. The lowest BCUT2D eigenvalue weighted by molar-refractivity contribution is -0.140. The molecule has 1 aliphatic rings. The molecule has 3 rings (SSSR count). The molecule has 6 heteroatoms. The van der Waals surface area contributed by atoms with Crippen molar-refractivity contribution in [3.63, 3.8) is 0 Å². The highest BCUT2D eigenvalue weighted by Crippen LogP contribution is 2.25. The van der Waals surface area contributed by atoms with Crippen LogP contribution in [0.5, 0.6) is 0 Å². The van der Waals surface area contributed by atoms with Gasteiger partial charge in [-0.25, -0.2) is 0 Å². The highest BCUT2D eigenvalue weighted by molar-refractivity contribution is 9.10. The molecular weight excluding hydrogens is 384 g/mol. The summed E-state index contributed by atoms with van der Waals surface area (Å²) < 4.78 is 5.59. The molecular formula is C19H17BrN2O3. The summed E-state index contributed by atoms with van der Waals surface area (Å²) in [4.78, 5) is 33.2. The first-order valence-electron chi connectivity index (χ1n) is 7.96. The van der Waals surface area contributed by atoms with Gasteiger partial charge in [-0.15, -0.1) is 0 Å². The van der Waals surface area contributed by atoms with E-state index in [2.05, 4.69) is 25.7 Å². The molecule has 1 aromatic heterocycles. The number of hydrogen-bond donors (Lipinski definition) is 0. The molecule has 128 valence electrons. The van der Waals surface area contributed by atoms with Crippen LogP contribution >= 0.6 is 15.9 Å². The molecule has 0 saturated carbocycles. The molecule has 25 heavy (non-hydrogen) atoms. The van der Waals surface area contributed by atoms with Crippen molar-refractivity contribution >= 4 is 33.4 Å². The van der Waals surface area contributed by atoms with E-state index < -0.39 is 6.04 Å². The molecule has 0 N–H and O–H groups in total. The highest BCUT2D eigenvalue weighted by atomic mass is 79.9. The second-order valence-electron chi connectivity index (χ2n) is 5.77. The summed E-state index contributed by atoms with van der Waals surface area (Å²) in [6, 6.07) is 10.8. The predicted octanol–water partition coefficient (Wildman–Crippen LogP) is 3.13. The molecule has 0 radical (unpaired) electrons. The van der Waals surface area contributed by atoms with E-state index in [1.807, 2.05) is 36.4 Å². The van der Waals surface area contributed by atoms with Gasteiger partial charge in [-0.05, 0) is 36.2 Å². The number of hydrogen-bond acceptors (Lipinski definition) is 5. The molecule has 2 heterocycles. The third kappa shape index (κ3) is 4.02. The topological polar surface area (TPSA) is 68.6 Å². The summed E-state index contributed by atoms with van der Waals surface area (Å²) in [6.07, 6.45) is 2.48. The third-order valence-electron chi connectivity index (χ3n) is 4.11. The maximum atomic E-state index is 12.6. The molecule has 0 fully saturated rings. The van der Waals surface area contributed by atoms with Crippen molar-refractivity contribution in [2.75, 3.05) is 7.11 Å². The van der Waals surface area contributed by atoms with Crippen LogP contribution in [0.25, 0.3) is 0 Å². The summed E-state index contributed by atoms with van der Waals surface area (Å²) in [5, 5.41) is 0. The SMILES string of the molecule is COC(=O)CCC1N=C(c2ccccn2)c2cc(Br)ccc2CC1=O. The van der Waals surface area contributed by atoms with Gasteiger partial charge in [0.1, 0.15) is 6.04 Å². The molecule has 0 spiro atoms. The van der Waals surface area contributed by atoms with E-state index in [-0.39, 0.29) is 24.6 Å². The molecule has 0 aliphatic carbocycles. The number of benzene rings is 1. The summed E-state index contributed by atoms with van der Waals surface area (Å²) in [6.45, 7) is 0. The zero-order valence-electron chi connectivity index (χ0n) is 13.7. The van der Waals surface area contributed by atoms with Crippen molar-refractivity contribution in [1.82, 2.24) is 4.98 Å². The van der Waals surface area contributed by atoms with E-state index in [1.54, 1.807) is 6.20 Å². The number of carbonyl (C=O) groups is 2. The van der Waals surface area contributed by atoms with Crippen molar-refractivity contribution in [3.8, 4) is 0 Å². The summed E-state index contributed by atoms with van der Waals surface area (Å²) in [5.41, 5.74) is 3.19. The molecule has 0 saturated heterocycles. The largest absolute Gasteiger partial charge is 0.469 e. The maximum absolute atomic E-state index is 12.6. The molecule has 0 bridgehead atoms. The van der Waals surface area contributed by atoms with Crippen LogP contribution in [0.2, 0.25) is 0 Å². The first-order valence-corrected chi connectivity index (χ1v) is 8.75. The van der Waals surface area contributed by atoms with Crippen molar-refractivity contribution in [3.05, 3.63) is 63.9 Å². The Labute approximate surface area is 154 Å². The van der Waals surface area contributed by atoms with Gasteiger partial charge in [0.15, 0.2) is 5.78 Å². The van der Waals surface area contributed by atoms with Gasteiger partial charge in [0.05, 0.1) is 18.5 Å². The fraction of sp³-hybridized carbons (Fsp3) is 0.263. The number of ether oxygens (including phenoxy) is 1. The van der Waals surface area contributed by atoms with E-state index in [0.29, 0.717) is 17.8 Å². The number of rotatable bonds is 4. The van der Waals surface area contributed by atoms with Crippen LogP contribution in [0, 0.1) is 0 Å². The van der Waals surface area contributed by atoms with Gasteiger partial charge in [0, 0.05) is 29.1 Å². The zero-order chi connectivity index (χ0) is 17.8. The van der Waals surface area contributed by atoms with Gasteiger partial charge in [-0.1, -0.05) is 28.1 Å². The Morgan fingerprint density at radius 3 is 2.88 bits per heavy atom. The fourth-order valence-electron chi connectivity index (χ4n) is 2.82. The molecule has 5 nitrogen and oxygen atoms in total. The van der Waals surface area contributed by atoms with Crippen molar-refractivity contribution in [2.24, 2.45) is 4.99 Å². The number of nitrogens with zero attached hydrogens (tertiary/aromatic N) is 2. The minimum atomic E-state index is -0.581. The monoisotopic (exact) mass is 400 g/mol. The van der Waals surface area contributed by atoms with E-state index >= 15 is 0 Å². The second-order valence-corrected chi connectivity index (χ2v) is 6.68. The number of methoxy groups -OCH3 is 1. The van der Waals surface area contributed by atoms with E-state index in [4.69, 9.17) is 4.99 Å². The predicted molar refractivity (Wildman–Crippen MR) is 97.8 cm³/mol. The number of fused-ring (bicyclic) bond motifs is 1.